The van der Waals surface area contributed by atoms with Crippen LogP contribution in [-0.2, 0) is 16.1 Å². The SMILES string of the molecule is CC(C)(C)OC(=O)N(CCCCCC(=O)NO)Cc1ccc2ccccc2c1. The Kier molecular flexibility index (Phi) is 7.81. The lowest BCUT2D eigenvalue weighted by Gasteiger charge is -2.27. The number of carbonyl (C=O) groups excluding carboxylic acids is 2. The van der Waals surface area contributed by atoms with E-state index < -0.39 is 5.60 Å². The Morgan fingerprint density at radius 3 is 2.43 bits per heavy atom. The number of nitrogens with one attached hydrogen (secondary N) is 1. The molecule has 2 aromatic carbocycles. The summed E-state index contributed by atoms with van der Waals surface area (Å²) < 4.78 is 5.56. The first-order chi connectivity index (χ1) is 13.3. The molecule has 0 saturated heterocycles. The molecule has 0 aliphatic carbocycles. The quantitative estimate of drug-likeness (QED) is 0.393. The minimum atomic E-state index is -0.558. The molecule has 6 nitrogen and oxygen atoms in total. The Morgan fingerprint density at radius 1 is 1.04 bits per heavy atom. The summed E-state index contributed by atoms with van der Waals surface area (Å²) in [5, 5.41) is 10.8. The Morgan fingerprint density at radius 2 is 1.75 bits per heavy atom. The van der Waals surface area contributed by atoms with E-state index in [1.54, 1.807) is 10.4 Å². The van der Waals surface area contributed by atoms with Gasteiger partial charge in [-0.3, -0.25) is 10.0 Å². The van der Waals surface area contributed by atoms with Crippen LogP contribution in [0, 0.1) is 0 Å². The van der Waals surface area contributed by atoms with Gasteiger partial charge in [0.05, 0.1) is 0 Å². The minimum Gasteiger partial charge on any atom is -0.444 e. The Hall–Kier alpha value is -2.60. The van der Waals surface area contributed by atoms with Crippen LogP contribution in [0.15, 0.2) is 42.5 Å². The van der Waals surface area contributed by atoms with E-state index in [4.69, 9.17) is 9.94 Å². The fraction of sp³-hybridized carbons (Fsp3) is 0.455. The zero-order chi connectivity index (χ0) is 20.6. The number of unbranched alkanes of at least 4 members (excludes halogenated alkanes) is 2. The van der Waals surface area contributed by atoms with E-state index in [0.29, 0.717) is 19.5 Å². The van der Waals surface area contributed by atoms with Crippen LogP contribution in [0.4, 0.5) is 4.79 Å². The lowest BCUT2D eigenvalue weighted by atomic mass is 10.1. The summed E-state index contributed by atoms with van der Waals surface area (Å²) in [5.74, 6) is -0.389. The van der Waals surface area contributed by atoms with Gasteiger partial charge in [-0.15, -0.1) is 0 Å². The summed E-state index contributed by atoms with van der Waals surface area (Å²) in [5.41, 5.74) is 2.12. The molecular formula is C22H30N2O4. The zero-order valence-electron chi connectivity index (χ0n) is 16.9. The van der Waals surface area contributed by atoms with Gasteiger partial charge in [-0.1, -0.05) is 42.8 Å². The van der Waals surface area contributed by atoms with Crippen LogP contribution < -0.4 is 5.48 Å². The fourth-order valence-corrected chi connectivity index (χ4v) is 2.94. The molecule has 0 spiro atoms. The number of carbonyl (C=O) groups is 2. The highest BCUT2D eigenvalue weighted by molar-refractivity contribution is 5.83. The van der Waals surface area contributed by atoms with Crippen molar-refractivity contribution in [2.45, 2.75) is 58.6 Å². The maximum absolute atomic E-state index is 12.7. The largest absolute Gasteiger partial charge is 0.444 e. The summed E-state index contributed by atoms with van der Waals surface area (Å²) in [6.45, 7) is 6.57. The Bertz CT molecular complexity index is 798. The fourth-order valence-electron chi connectivity index (χ4n) is 2.94. The molecule has 0 heterocycles. The number of ether oxygens (including phenoxy) is 1. The van der Waals surface area contributed by atoms with E-state index in [1.807, 2.05) is 39.0 Å². The monoisotopic (exact) mass is 386 g/mol. The number of hydroxylamine groups is 1. The normalized spacial score (nSPS) is 11.3. The van der Waals surface area contributed by atoms with Crippen LogP contribution in [0.3, 0.4) is 0 Å². The molecule has 6 heteroatoms. The van der Waals surface area contributed by atoms with Gasteiger partial charge in [-0.25, -0.2) is 10.3 Å². The molecule has 152 valence electrons. The van der Waals surface area contributed by atoms with E-state index in [0.717, 1.165) is 29.2 Å². The Balaban J connectivity index is 2.01. The van der Waals surface area contributed by atoms with Gasteiger partial charge in [-0.2, -0.15) is 0 Å². The molecule has 2 N–H and O–H groups in total. The number of rotatable bonds is 8. The molecule has 0 fully saturated rings. The first-order valence-electron chi connectivity index (χ1n) is 9.67. The number of benzene rings is 2. The second kappa shape index (κ2) is 10.1. The van der Waals surface area contributed by atoms with Crippen LogP contribution in [0.5, 0.6) is 0 Å². The summed E-state index contributed by atoms with van der Waals surface area (Å²) in [7, 11) is 0. The van der Waals surface area contributed by atoms with Crippen LogP contribution >= 0.6 is 0 Å². The second-order valence-corrected chi connectivity index (χ2v) is 7.93. The van der Waals surface area contributed by atoms with Gasteiger partial charge in [0.2, 0.25) is 5.91 Å². The highest BCUT2D eigenvalue weighted by Crippen LogP contribution is 2.19. The number of hydrogen-bond donors (Lipinski definition) is 2. The molecular weight excluding hydrogens is 356 g/mol. The van der Waals surface area contributed by atoms with Crippen molar-refractivity contribution >= 4 is 22.8 Å². The maximum Gasteiger partial charge on any atom is 0.410 e. The predicted octanol–water partition coefficient (Wildman–Crippen LogP) is 4.64. The predicted molar refractivity (Wildman–Crippen MR) is 109 cm³/mol. The van der Waals surface area contributed by atoms with Gasteiger partial charge >= 0.3 is 6.09 Å². The lowest BCUT2D eigenvalue weighted by Crippen LogP contribution is -2.37. The molecule has 0 aromatic heterocycles. The van der Waals surface area contributed by atoms with Gasteiger partial charge in [0, 0.05) is 19.5 Å². The molecule has 2 aromatic rings. The van der Waals surface area contributed by atoms with Crippen LogP contribution in [-0.4, -0.2) is 34.3 Å². The zero-order valence-corrected chi connectivity index (χ0v) is 16.9. The standard InChI is InChI=1S/C22H30N2O4/c1-22(2,3)28-21(26)24(14-8-4-5-11-20(25)23-27)16-17-12-13-18-9-6-7-10-19(18)15-17/h6-7,9-10,12-13,15,27H,4-5,8,11,14,16H2,1-3H3,(H,23,25). The number of hydrogen-bond acceptors (Lipinski definition) is 4. The van der Waals surface area contributed by atoms with Crippen LogP contribution in [0.25, 0.3) is 10.8 Å². The summed E-state index contributed by atoms with van der Waals surface area (Å²) >= 11 is 0. The molecule has 0 aliphatic rings. The number of nitrogens with zero attached hydrogens (tertiary/aromatic N) is 1. The van der Waals surface area contributed by atoms with Crippen molar-refractivity contribution in [2.24, 2.45) is 0 Å². The topological polar surface area (TPSA) is 78.9 Å². The number of fused-ring (bicyclic) bond motifs is 1. The van der Waals surface area contributed by atoms with Gasteiger partial charge in [0.25, 0.3) is 0 Å². The van der Waals surface area contributed by atoms with E-state index in [2.05, 4.69) is 24.3 Å². The van der Waals surface area contributed by atoms with Gasteiger partial charge in [0.1, 0.15) is 5.60 Å². The maximum atomic E-state index is 12.7. The smallest absolute Gasteiger partial charge is 0.410 e. The van der Waals surface area contributed by atoms with Crippen molar-refractivity contribution in [3.63, 3.8) is 0 Å². The third kappa shape index (κ3) is 7.19. The molecule has 0 radical (unpaired) electrons. The molecule has 0 unspecified atom stereocenters. The summed E-state index contributed by atoms with van der Waals surface area (Å²) in [6, 6.07) is 14.3. The average molecular weight is 386 g/mol. The van der Waals surface area contributed by atoms with Crippen molar-refractivity contribution in [1.82, 2.24) is 10.4 Å². The first kappa shape index (κ1) is 21.7. The van der Waals surface area contributed by atoms with E-state index in [9.17, 15) is 9.59 Å². The van der Waals surface area contributed by atoms with Gasteiger partial charge < -0.3 is 9.64 Å². The second-order valence-electron chi connectivity index (χ2n) is 7.93. The highest BCUT2D eigenvalue weighted by atomic mass is 16.6. The van der Waals surface area contributed by atoms with Crippen molar-refractivity contribution in [3.05, 3.63) is 48.0 Å². The van der Waals surface area contributed by atoms with Gasteiger partial charge in [0.15, 0.2) is 0 Å². The number of amides is 2. The van der Waals surface area contributed by atoms with E-state index >= 15 is 0 Å². The molecule has 0 atom stereocenters. The molecule has 28 heavy (non-hydrogen) atoms. The minimum absolute atomic E-state index is 0.271. The third-order valence-corrected chi connectivity index (χ3v) is 4.30. The first-order valence-corrected chi connectivity index (χ1v) is 9.67. The van der Waals surface area contributed by atoms with E-state index in [1.165, 1.54) is 0 Å². The van der Waals surface area contributed by atoms with Crippen molar-refractivity contribution in [1.29, 1.82) is 0 Å². The Labute approximate surface area is 166 Å². The van der Waals surface area contributed by atoms with Crippen molar-refractivity contribution in [3.8, 4) is 0 Å². The van der Waals surface area contributed by atoms with Crippen molar-refractivity contribution in [2.75, 3.05) is 6.54 Å². The average Bonchev–Trinajstić information content (AvgIpc) is 2.65. The third-order valence-electron chi connectivity index (χ3n) is 4.30. The molecule has 0 saturated carbocycles. The molecule has 0 aliphatic heterocycles. The van der Waals surface area contributed by atoms with Crippen molar-refractivity contribution < 1.29 is 19.5 Å². The molecule has 0 bridgehead atoms. The lowest BCUT2D eigenvalue weighted by molar-refractivity contribution is -0.129. The van der Waals surface area contributed by atoms with Crippen LogP contribution in [0.2, 0.25) is 0 Å². The highest BCUT2D eigenvalue weighted by Gasteiger charge is 2.22. The molecule has 2 rings (SSSR count). The summed E-state index contributed by atoms with van der Waals surface area (Å²) in [4.78, 5) is 25.4. The summed E-state index contributed by atoms with van der Waals surface area (Å²) in [6.07, 6.45) is 2.13. The molecule has 2 amide bonds. The van der Waals surface area contributed by atoms with E-state index in [-0.39, 0.29) is 18.4 Å². The van der Waals surface area contributed by atoms with Gasteiger partial charge in [-0.05, 0) is 56.0 Å². The van der Waals surface area contributed by atoms with Crippen LogP contribution in [0.1, 0.15) is 52.0 Å².